The lowest BCUT2D eigenvalue weighted by atomic mass is 10.0. The molecule has 468 valence electrons. The molecule has 0 aromatic carbocycles. The van der Waals surface area contributed by atoms with Gasteiger partial charge in [0, 0.05) is 12.8 Å². The smallest absolute Gasteiger partial charge is 0.456 e. The third-order valence-electron chi connectivity index (χ3n) is 15.9. The summed E-state index contributed by atoms with van der Waals surface area (Å²) in [5, 5.41) is 3.07. The summed E-state index contributed by atoms with van der Waals surface area (Å²) >= 11 is 0. The van der Waals surface area contributed by atoms with Gasteiger partial charge in [0.05, 0.1) is 33.8 Å². The third kappa shape index (κ3) is 60.9. The highest BCUT2D eigenvalue weighted by molar-refractivity contribution is 7.47. The van der Waals surface area contributed by atoms with Gasteiger partial charge in [-0.25, -0.2) is 4.57 Å². The second kappa shape index (κ2) is 59.6. The lowest BCUT2D eigenvalue weighted by Gasteiger charge is -2.27. The van der Waals surface area contributed by atoms with Gasteiger partial charge < -0.3 is 19.4 Å². The second-order valence-corrected chi connectivity index (χ2v) is 26.5. The van der Waals surface area contributed by atoms with Crippen molar-refractivity contribution in [2.24, 2.45) is 0 Å². The number of phosphoric acid groups is 1. The molecule has 0 aliphatic carbocycles. The van der Waals surface area contributed by atoms with Crippen LogP contribution in [-0.2, 0) is 27.9 Å². The molecular weight excluding hydrogens is 1000 g/mol. The maximum absolute atomic E-state index is 13.6. The number of unbranched alkanes of at least 4 members (excludes halogenated alkanes) is 46. The molecule has 3 atom stereocenters. The van der Waals surface area contributed by atoms with Crippen molar-refractivity contribution in [1.29, 1.82) is 0 Å². The summed E-state index contributed by atoms with van der Waals surface area (Å²) in [5.41, 5.74) is 0. The standard InChI is InChI=1S/C69H135N2O7P/c1-7-10-13-16-19-22-25-28-30-32-34-35-37-39-41-44-47-50-53-56-59-62-69(73)78-67(60-57-54-51-48-45-42-27-24-21-18-15-12-9-3)66(65-77-79(74,75)76-64-63-71(4,5)6)70-68(72)61-58-55-52-49-46-43-40-38-36-33-31-29-26-23-20-17-14-11-8-2/h29,31,57,60,66-67H,7-28,30,32-56,58-59,61-65H2,1-6H3,(H-,70,72,74,75)/p+1/b31-29+,60-57+. The number of allylic oxidation sites excluding steroid dienone is 3. The van der Waals surface area contributed by atoms with Crippen LogP contribution < -0.4 is 5.32 Å². The summed E-state index contributed by atoms with van der Waals surface area (Å²) in [6.45, 7) is 7.07. The van der Waals surface area contributed by atoms with Gasteiger partial charge in [-0.05, 0) is 57.4 Å². The lowest BCUT2D eigenvalue weighted by molar-refractivity contribution is -0.870. The Labute approximate surface area is 492 Å². The number of carbonyl (C=O) groups excluding carboxylic acids is 2. The molecule has 0 rings (SSSR count). The molecule has 3 unspecified atom stereocenters. The van der Waals surface area contributed by atoms with Gasteiger partial charge in [-0.1, -0.05) is 309 Å². The summed E-state index contributed by atoms with van der Waals surface area (Å²) in [5.74, 6) is -0.485. The monoisotopic (exact) mass is 1140 g/mol. The molecule has 0 aliphatic rings. The quantitative estimate of drug-likeness (QED) is 0.0205. The Morgan fingerprint density at radius 3 is 1.08 bits per heavy atom. The Bertz CT molecular complexity index is 1400. The zero-order chi connectivity index (χ0) is 57.9. The predicted molar refractivity (Wildman–Crippen MR) is 342 cm³/mol. The molecule has 0 radical (unpaired) electrons. The van der Waals surface area contributed by atoms with E-state index in [9.17, 15) is 19.0 Å². The second-order valence-electron chi connectivity index (χ2n) is 25.1. The molecule has 0 aromatic heterocycles. The number of hydrogen-bond acceptors (Lipinski definition) is 6. The topological polar surface area (TPSA) is 111 Å². The minimum atomic E-state index is -4.45. The van der Waals surface area contributed by atoms with Crippen molar-refractivity contribution >= 4 is 19.7 Å². The van der Waals surface area contributed by atoms with E-state index in [2.05, 4.69) is 44.3 Å². The molecule has 1 amide bonds. The predicted octanol–water partition coefficient (Wildman–Crippen LogP) is 21.7. The van der Waals surface area contributed by atoms with Crippen molar-refractivity contribution < 1.29 is 37.3 Å². The Kier molecular flexibility index (Phi) is 58.5. The van der Waals surface area contributed by atoms with E-state index in [-0.39, 0.29) is 25.1 Å². The van der Waals surface area contributed by atoms with Crippen LogP contribution in [-0.4, -0.2) is 74.3 Å². The van der Waals surface area contributed by atoms with Crippen LogP contribution in [0.4, 0.5) is 0 Å². The van der Waals surface area contributed by atoms with Gasteiger partial charge in [-0.15, -0.1) is 0 Å². The largest absolute Gasteiger partial charge is 0.472 e. The van der Waals surface area contributed by atoms with Crippen molar-refractivity contribution in [1.82, 2.24) is 5.32 Å². The first kappa shape index (κ1) is 77.5. The minimum absolute atomic E-state index is 0.0437. The molecule has 2 N–H and O–H groups in total. The molecule has 0 heterocycles. The fraction of sp³-hybridized carbons (Fsp3) is 0.913. The van der Waals surface area contributed by atoms with Gasteiger partial charge in [0.15, 0.2) is 0 Å². The van der Waals surface area contributed by atoms with E-state index < -0.39 is 20.0 Å². The van der Waals surface area contributed by atoms with E-state index in [1.807, 2.05) is 27.2 Å². The summed E-state index contributed by atoms with van der Waals surface area (Å²) in [6.07, 6.45) is 71.8. The Balaban J connectivity index is 5.13. The normalized spacial score (nSPS) is 13.7. The van der Waals surface area contributed by atoms with Gasteiger partial charge in [0.25, 0.3) is 0 Å². The van der Waals surface area contributed by atoms with Crippen LogP contribution in [0.25, 0.3) is 0 Å². The average molecular weight is 1140 g/mol. The van der Waals surface area contributed by atoms with Gasteiger partial charge in [0.1, 0.15) is 19.3 Å². The van der Waals surface area contributed by atoms with Crippen LogP contribution in [0.3, 0.4) is 0 Å². The van der Waals surface area contributed by atoms with Crippen LogP contribution in [0.2, 0.25) is 0 Å². The van der Waals surface area contributed by atoms with Crippen LogP contribution >= 0.6 is 7.82 Å². The van der Waals surface area contributed by atoms with E-state index in [1.54, 1.807) is 0 Å². The van der Waals surface area contributed by atoms with Gasteiger partial charge >= 0.3 is 13.8 Å². The summed E-state index contributed by atoms with van der Waals surface area (Å²) in [7, 11) is 1.51. The molecule has 0 spiro atoms. The SMILES string of the molecule is CCCCCCCC/C=C/CCCCCCCCCCCC(=O)NC(COP(=O)(O)OCC[N+](C)(C)C)C(/C=C/CCCCCCCCCCCCC)OC(=O)CCCCCCCCCCCCCCCCCCCCCCC. The fourth-order valence-electron chi connectivity index (χ4n) is 10.5. The molecule has 0 aliphatic heterocycles. The first-order valence-electron chi connectivity index (χ1n) is 34.7. The minimum Gasteiger partial charge on any atom is -0.456 e. The zero-order valence-corrected chi connectivity index (χ0v) is 54.5. The first-order valence-corrected chi connectivity index (χ1v) is 36.2. The van der Waals surface area contributed by atoms with Crippen molar-refractivity contribution in [3.05, 3.63) is 24.3 Å². The maximum Gasteiger partial charge on any atom is 0.472 e. The fourth-order valence-corrected chi connectivity index (χ4v) is 11.3. The molecule has 0 fully saturated rings. The van der Waals surface area contributed by atoms with Crippen LogP contribution in [0.1, 0.15) is 355 Å². The highest BCUT2D eigenvalue weighted by Gasteiger charge is 2.30. The highest BCUT2D eigenvalue weighted by atomic mass is 31.2. The van der Waals surface area contributed by atoms with Crippen molar-refractivity contribution in [2.75, 3.05) is 40.9 Å². The average Bonchev–Trinajstić information content (AvgIpc) is 3.41. The first-order chi connectivity index (χ1) is 38.4. The van der Waals surface area contributed by atoms with E-state index in [4.69, 9.17) is 13.8 Å². The number of rotatable bonds is 64. The van der Waals surface area contributed by atoms with Gasteiger partial charge in [-0.3, -0.25) is 18.6 Å². The van der Waals surface area contributed by atoms with Crippen molar-refractivity contribution in [2.45, 2.75) is 367 Å². The lowest BCUT2D eigenvalue weighted by Crippen LogP contribution is -2.47. The number of nitrogens with zero attached hydrogens (tertiary/aromatic N) is 1. The summed E-state index contributed by atoms with van der Waals surface area (Å²) in [4.78, 5) is 37.9. The summed E-state index contributed by atoms with van der Waals surface area (Å²) in [6, 6.07) is -0.844. The number of esters is 1. The molecule has 0 aromatic rings. The molecular formula is C69H136N2O7P+. The zero-order valence-electron chi connectivity index (χ0n) is 53.6. The number of phosphoric ester groups is 1. The molecule has 9 nitrogen and oxygen atoms in total. The Morgan fingerprint density at radius 2 is 0.734 bits per heavy atom. The Morgan fingerprint density at radius 1 is 0.430 bits per heavy atom. The van der Waals surface area contributed by atoms with E-state index >= 15 is 0 Å². The van der Waals surface area contributed by atoms with Crippen molar-refractivity contribution in [3.63, 3.8) is 0 Å². The van der Waals surface area contributed by atoms with Crippen LogP contribution in [0.15, 0.2) is 24.3 Å². The molecule has 0 bridgehead atoms. The number of carbonyl (C=O) groups is 2. The summed E-state index contributed by atoms with van der Waals surface area (Å²) < 4.78 is 30.8. The van der Waals surface area contributed by atoms with Crippen molar-refractivity contribution in [3.8, 4) is 0 Å². The van der Waals surface area contributed by atoms with Gasteiger partial charge in [0.2, 0.25) is 5.91 Å². The number of amides is 1. The van der Waals surface area contributed by atoms with Gasteiger partial charge in [-0.2, -0.15) is 0 Å². The van der Waals surface area contributed by atoms with E-state index in [1.165, 1.54) is 263 Å². The Hall–Kier alpha value is -1.51. The third-order valence-corrected chi connectivity index (χ3v) is 16.9. The number of hydrogen-bond donors (Lipinski definition) is 2. The van der Waals surface area contributed by atoms with E-state index in [0.29, 0.717) is 23.9 Å². The number of ether oxygens (including phenoxy) is 1. The molecule has 0 saturated carbocycles. The maximum atomic E-state index is 13.6. The molecule has 10 heteroatoms. The van der Waals surface area contributed by atoms with Crippen LogP contribution in [0.5, 0.6) is 0 Å². The molecule has 0 saturated heterocycles. The van der Waals surface area contributed by atoms with Crippen LogP contribution in [0, 0.1) is 0 Å². The molecule has 79 heavy (non-hydrogen) atoms. The highest BCUT2D eigenvalue weighted by Crippen LogP contribution is 2.43. The number of nitrogens with one attached hydrogen (secondary N) is 1. The number of quaternary nitrogens is 1. The number of likely N-dealkylation sites (N-methyl/N-ethyl adjacent to an activating group) is 1. The van der Waals surface area contributed by atoms with E-state index in [0.717, 1.165) is 57.8 Å².